The summed E-state index contributed by atoms with van der Waals surface area (Å²) in [5.74, 6) is 0. The van der Waals surface area contributed by atoms with Crippen molar-refractivity contribution < 1.29 is 8.42 Å². The maximum absolute atomic E-state index is 12.1. The maximum atomic E-state index is 12.1. The molecule has 0 aromatic heterocycles. The first kappa shape index (κ1) is 14.4. The average molecular weight is 361 g/mol. The van der Waals surface area contributed by atoms with Crippen molar-refractivity contribution in [3.63, 3.8) is 0 Å². The van der Waals surface area contributed by atoms with E-state index in [1.54, 1.807) is 48.5 Å². The van der Waals surface area contributed by atoms with Crippen LogP contribution in [0, 0.1) is 0 Å². The second-order valence-corrected chi connectivity index (χ2v) is 6.57. The monoisotopic (exact) mass is 359 g/mol. The Morgan fingerprint density at radius 3 is 2.37 bits per heavy atom. The molecule has 0 radical (unpaired) electrons. The summed E-state index contributed by atoms with van der Waals surface area (Å²) >= 11 is 9.13. The first-order valence-corrected chi connectivity index (χ1v) is 8.43. The number of hydrogen-bond acceptors (Lipinski definition) is 2. The van der Waals surface area contributed by atoms with E-state index in [1.165, 1.54) is 0 Å². The smallest absolute Gasteiger partial charge is 0.261 e. The van der Waals surface area contributed by atoms with Crippen molar-refractivity contribution in [1.82, 2.24) is 0 Å². The number of sulfonamides is 1. The van der Waals surface area contributed by atoms with Gasteiger partial charge in [0.1, 0.15) is 0 Å². The summed E-state index contributed by atoms with van der Waals surface area (Å²) in [5, 5.41) is 1.17. The molecule has 0 aliphatic rings. The minimum absolute atomic E-state index is 0.220. The summed E-state index contributed by atoms with van der Waals surface area (Å²) in [7, 11) is -3.58. The third-order valence-corrected chi connectivity index (χ3v) is 4.74. The van der Waals surface area contributed by atoms with Gasteiger partial charge in [-0.25, -0.2) is 8.42 Å². The Hall–Kier alpha value is -1.04. The summed E-state index contributed by atoms with van der Waals surface area (Å²) in [5.41, 5.74) is 1.46. The van der Waals surface area contributed by atoms with Gasteiger partial charge in [0.2, 0.25) is 0 Å². The summed E-state index contributed by atoms with van der Waals surface area (Å²) in [6.07, 6.45) is 0. The standard InChI is InChI=1S/C13H11BrClNO2S/c14-9-10-4-6-13(7-5-10)19(17,18)16-12-3-1-2-11(15)8-12/h1-8,16H,9H2. The van der Waals surface area contributed by atoms with Crippen LogP contribution in [-0.2, 0) is 15.4 Å². The van der Waals surface area contributed by atoms with Crippen LogP contribution in [0.25, 0.3) is 0 Å². The average Bonchev–Trinajstić information content (AvgIpc) is 2.38. The fourth-order valence-corrected chi connectivity index (χ4v) is 3.14. The predicted octanol–water partition coefficient (Wildman–Crippen LogP) is 4.04. The van der Waals surface area contributed by atoms with Gasteiger partial charge in [0, 0.05) is 10.4 Å². The number of anilines is 1. The van der Waals surface area contributed by atoms with Crippen LogP contribution >= 0.6 is 27.5 Å². The lowest BCUT2D eigenvalue weighted by Crippen LogP contribution is -2.12. The lowest BCUT2D eigenvalue weighted by molar-refractivity contribution is 0.601. The van der Waals surface area contributed by atoms with Crippen molar-refractivity contribution in [2.45, 2.75) is 10.2 Å². The summed E-state index contributed by atoms with van der Waals surface area (Å²) in [4.78, 5) is 0.220. The second-order valence-electron chi connectivity index (χ2n) is 3.89. The normalized spacial score (nSPS) is 11.3. The van der Waals surface area contributed by atoms with Crippen LogP contribution in [0.3, 0.4) is 0 Å². The number of hydrogen-bond donors (Lipinski definition) is 1. The minimum Gasteiger partial charge on any atom is -0.280 e. The Labute approximate surface area is 125 Å². The highest BCUT2D eigenvalue weighted by atomic mass is 79.9. The molecule has 3 nitrogen and oxygen atoms in total. The van der Waals surface area contributed by atoms with Crippen LogP contribution in [0.1, 0.15) is 5.56 Å². The molecule has 0 spiro atoms. The Morgan fingerprint density at radius 1 is 1.11 bits per heavy atom. The predicted molar refractivity (Wildman–Crippen MR) is 81.3 cm³/mol. The molecule has 2 aromatic rings. The number of alkyl halides is 1. The van der Waals surface area contributed by atoms with Gasteiger partial charge in [0.15, 0.2) is 0 Å². The third-order valence-electron chi connectivity index (χ3n) is 2.46. The van der Waals surface area contributed by atoms with Crippen molar-refractivity contribution in [2.24, 2.45) is 0 Å². The van der Waals surface area contributed by atoms with E-state index in [4.69, 9.17) is 11.6 Å². The van der Waals surface area contributed by atoms with Gasteiger partial charge in [-0.2, -0.15) is 0 Å². The van der Waals surface area contributed by atoms with Crippen LogP contribution in [0.2, 0.25) is 5.02 Å². The fourth-order valence-electron chi connectivity index (χ4n) is 1.52. The van der Waals surface area contributed by atoms with Gasteiger partial charge in [-0.1, -0.05) is 45.7 Å². The van der Waals surface area contributed by atoms with Gasteiger partial charge in [0.25, 0.3) is 10.0 Å². The van der Waals surface area contributed by atoms with E-state index >= 15 is 0 Å². The Morgan fingerprint density at radius 2 is 1.79 bits per heavy atom. The molecule has 19 heavy (non-hydrogen) atoms. The molecular formula is C13H11BrClNO2S. The number of halogens is 2. The second kappa shape index (κ2) is 5.94. The third kappa shape index (κ3) is 3.72. The quantitative estimate of drug-likeness (QED) is 0.837. The van der Waals surface area contributed by atoms with Crippen LogP contribution in [0.4, 0.5) is 5.69 Å². The molecule has 100 valence electrons. The number of benzene rings is 2. The molecule has 0 saturated heterocycles. The lowest BCUT2D eigenvalue weighted by Gasteiger charge is -2.08. The van der Waals surface area contributed by atoms with Crippen molar-refractivity contribution in [3.8, 4) is 0 Å². The Bertz CT molecular complexity index is 671. The van der Waals surface area contributed by atoms with Crippen LogP contribution in [-0.4, -0.2) is 8.42 Å². The van der Waals surface area contributed by atoms with E-state index in [-0.39, 0.29) is 4.90 Å². The van der Waals surface area contributed by atoms with E-state index in [0.29, 0.717) is 16.0 Å². The molecule has 0 unspecified atom stereocenters. The van der Waals surface area contributed by atoms with E-state index < -0.39 is 10.0 Å². The van der Waals surface area contributed by atoms with E-state index in [9.17, 15) is 8.42 Å². The molecule has 0 saturated carbocycles. The van der Waals surface area contributed by atoms with E-state index in [0.717, 1.165) is 5.56 Å². The molecule has 2 rings (SSSR count). The highest BCUT2D eigenvalue weighted by molar-refractivity contribution is 9.08. The molecule has 0 atom stereocenters. The molecule has 1 N–H and O–H groups in total. The van der Waals surface area contributed by atoms with Gasteiger partial charge >= 0.3 is 0 Å². The molecule has 0 aliphatic carbocycles. The molecule has 6 heteroatoms. The molecule has 2 aromatic carbocycles. The first-order chi connectivity index (χ1) is 9.01. The maximum Gasteiger partial charge on any atom is 0.261 e. The number of nitrogens with one attached hydrogen (secondary N) is 1. The van der Waals surface area contributed by atoms with E-state index in [1.807, 2.05) is 0 Å². The largest absolute Gasteiger partial charge is 0.280 e. The Kier molecular flexibility index (Phi) is 4.50. The topological polar surface area (TPSA) is 46.2 Å². The number of rotatable bonds is 4. The zero-order valence-electron chi connectivity index (χ0n) is 9.81. The van der Waals surface area contributed by atoms with Gasteiger partial charge < -0.3 is 0 Å². The fraction of sp³-hybridized carbons (Fsp3) is 0.0769. The highest BCUT2D eigenvalue weighted by Crippen LogP contribution is 2.20. The van der Waals surface area contributed by atoms with Crippen molar-refractivity contribution in [1.29, 1.82) is 0 Å². The molecule has 0 aliphatic heterocycles. The molecule has 0 bridgehead atoms. The first-order valence-electron chi connectivity index (χ1n) is 5.44. The zero-order chi connectivity index (χ0) is 13.9. The summed E-state index contributed by atoms with van der Waals surface area (Å²) in [6, 6.07) is 13.3. The summed E-state index contributed by atoms with van der Waals surface area (Å²) < 4.78 is 26.8. The summed E-state index contributed by atoms with van der Waals surface area (Å²) in [6.45, 7) is 0. The van der Waals surface area contributed by atoms with Crippen molar-refractivity contribution in [2.75, 3.05) is 4.72 Å². The molecule has 0 fully saturated rings. The van der Waals surface area contributed by atoms with Gasteiger partial charge in [-0.3, -0.25) is 4.72 Å². The minimum atomic E-state index is -3.58. The van der Waals surface area contributed by atoms with Crippen LogP contribution < -0.4 is 4.72 Å². The Balaban J connectivity index is 2.27. The lowest BCUT2D eigenvalue weighted by atomic mass is 10.2. The molecule has 0 heterocycles. The van der Waals surface area contributed by atoms with Gasteiger partial charge in [-0.15, -0.1) is 0 Å². The van der Waals surface area contributed by atoms with Gasteiger partial charge in [-0.05, 0) is 35.9 Å². The van der Waals surface area contributed by atoms with E-state index in [2.05, 4.69) is 20.7 Å². The van der Waals surface area contributed by atoms with Crippen LogP contribution in [0.15, 0.2) is 53.4 Å². The van der Waals surface area contributed by atoms with Gasteiger partial charge in [0.05, 0.1) is 10.6 Å². The highest BCUT2D eigenvalue weighted by Gasteiger charge is 2.13. The zero-order valence-corrected chi connectivity index (χ0v) is 13.0. The molecule has 0 amide bonds. The SMILES string of the molecule is O=S(=O)(Nc1cccc(Cl)c1)c1ccc(CBr)cc1. The van der Waals surface area contributed by atoms with Crippen molar-refractivity contribution in [3.05, 3.63) is 59.1 Å². The molecular weight excluding hydrogens is 350 g/mol. The van der Waals surface area contributed by atoms with Crippen molar-refractivity contribution >= 4 is 43.2 Å². The van der Waals surface area contributed by atoms with Crippen LogP contribution in [0.5, 0.6) is 0 Å².